The second-order valence-electron chi connectivity index (χ2n) is 6.04. The Bertz CT molecular complexity index is 794. The van der Waals surface area contributed by atoms with Gasteiger partial charge in [-0.2, -0.15) is 0 Å². The Morgan fingerprint density at radius 3 is 2.92 bits per heavy atom. The van der Waals surface area contributed by atoms with Gasteiger partial charge in [0.1, 0.15) is 0 Å². The number of carbonyl (C=O) groups is 2. The van der Waals surface area contributed by atoms with Crippen molar-refractivity contribution in [3.63, 3.8) is 0 Å². The third kappa shape index (κ3) is 4.45. The number of benzene rings is 2. The smallest absolute Gasteiger partial charge is 0.251 e. The first kappa shape index (κ1) is 18.5. The lowest BCUT2D eigenvalue weighted by Crippen LogP contribution is -2.34. The van der Waals surface area contributed by atoms with Crippen molar-refractivity contribution in [2.45, 2.75) is 17.9 Å². The second-order valence-corrected chi connectivity index (χ2v) is 7.06. The molecule has 0 fully saturated rings. The molecule has 5 nitrogen and oxygen atoms in total. The van der Waals surface area contributed by atoms with Crippen molar-refractivity contribution in [1.29, 1.82) is 0 Å². The van der Waals surface area contributed by atoms with Gasteiger partial charge in [-0.1, -0.05) is 24.3 Å². The highest BCUT2D eigenvalue weighted by molar-refractivity contribution is 8.00. The molecule has 3 rings (SSSR count). The van der Waals surface area contributed by atoms with Crippen molar-refractivity contribution in [1.82, 2.24) is 5.32 Å². The molecule has 0 radical (unpaired) electrons. The highest BCUT2D eigenvalue weighted by atomic mass is 32.2. The Balaban J connectivity index is 1.71. The highest BCUT2D eigenvalue weighted by Gasteiger charge is 2.24. The maximum absolute atomic E-state index is 12.4. The summed E-state index contributed by atoms with van der Waals surface area (Å²) >= 11 is 1.57. The first-order valence-corrected chi connectivity index (χ1v) is 9.56. The average molecular weight is 370 g/mol. The Hall–Kier alpha value is -2.31. The molecule has 2 aromatic rings. The van der Waals surface area contributed by atoms with Gasteiger partial charge in [-0.05, 0) is 36.2 Å². The van der Waals surface area contributed by atoms with Gasteiger partial charge in [0.05, 0.1) is 18.0 Å². The molecular formula is C20H22N2O3S. The number of carbonyl (C=O) groups excluding carboxylic acids is 2. The maximum atomic E-state index is 12.4. The SMILES string of the molecule is COCCCNC(=O)c1cccc(CN2C(=O)CSc3ccccc32)c1. The molecule has 0 aromatic heterocycles. The molecule has 0 unspecified atom stereocenters. The fourth-order valence-electron chi connectivity index (χ4n) is 2.84. The third-order valence-corrected chi connectivity index (χ3v) is 5.20. The zero-order chi connectivity index (χ0) is 18.4. The van der Waals surface area contributed by atoms with Crippen molar-refractivity contribution in [2.75, 3.05) is 30.9 Å². The normalized spacial score (nSPS) is 13.4. The Morgan fingerprint density at radius 1 is 1.23 bits per heavy atom. The van der Waals surface area contributed by atoms with Gasteiger partial charge in [0.15, 0.2) is 0 Å². The molecule has 6 heteroatoms. The van der Waals surface area contributed by atoms with E-state index in [1.165, 1.54) is 0 Å². The molecule has 26 heavy (non-hydrogen) atoms. The van der Waals surface area contributed by atoms with Gasteiger partial charge < -0.3 is 15.0 Å². The van der Waals surface area contributed by atoms with Crippen molar-refractivity contribution in [3.05, 3.63) is 59.7 Å². The summed E-state index contributed by atoms with van der Waals surface area (Å²) in [6.07, 6.45) is 0.776. The van der Waals surface area contributed by atoms with E-state index in [0.717, 1.165) is 22.6 Å². The number of methoxy groups -OCH3 is 1. The number of ether oxygens (including phenoxy) is 1. The molecule has 1 aliphatic rings. The minimum absolute atomic E-state index is 0.0862. The number of hydrogen-bond donors (Lipinski definition) is 1. The fraction of sp³-hybridized carbons (Fsp3) is 0.300. The summed E-state index contributed by atoms with van der Waals surface area (Å²) in [5, 5.41) is 2.89. The van der Waals surface area contributed by atoms with Crippen molar-refractivity contribution < 1.29 is 14.3 Å². The summed E-state index contributed by atoms with van der Waals surface area (Å²) in [4.78, 5) is 27.6. The van der Waals surface area contributed by atoms with Gasteiger partial charge in [0, 0.05) is 30.7 Å². The zero-order valence-corrected chi connectivity index (χ0v) is 15.6. The van der Waals surface area contributed by atoms with Crippen LogP contribution in [0, 0.1) is 0 Å². The van der Waals surface area contributed by atoms with Crippen molar-refractivity contribution in [2.24, 2.45) is 0 Å². The molecule has 2 amide bonds. The standard InChI is InChI=1S/C20H22N2O3S/c1-25-11-5-10-21-20(24)16-7-4-6-15(12-16)13-22-17-8-2-3-9-18(17)26-14-19(22)23/h2-4,6-9,12H,5,10-11,13-14H2,1H3,(H,21,24). The Kier molecular flexibility index (Phi) is 6.30. The van der Waals surface area contributed by atoms with Gasteiger partial charge in [-0.15, -0.1) is 11.8 Å². The minimum Gasteiger partial charge on any atom is -0.385 e. The van der Waals surface area contributed by atoms with E-state index < -0.39 is 0 Å². The molecule has 1 aliphatic heterocycles. The molecule has 0 aliphatic carbocycles. The lowest BCUT2D eigenvalue weighted by atomic mass is 10.1. The Morgan fingerprint density at radius 2 is 2.08 bits per heavy atom. The summed E-state index contributed by atoms with van der Waals surface area (Å²) in [5.74, 6) is 0.420. The zero-order valence-electron chi connectivity index (χ0n) is 14.7. The maximum Gasteiger partial charge on any atom is 0.251 e. The van der Waals surface area contributed by atoms with Crippen LogP contribution in [0.1, 0.15) is 22.3 Å². The second kappa shape index (κ2) is 8.87. The summed E-state index contributed by atoms with van der Waals surface area (Å²) in [6.45, 7) is 1.65. The van der Waals surface area contributed by atoms with Crippen LogP contribution in [0.5, 0.6) is 0 Å². The number of nitrogens with one attached hydrogen (secondary N) is 1. The van der Waals surface area contributed by atoms with Crippen molar-refractivity contribution in [3.8, 4) is 0 Å². The molecule has 0 atom stereocenters. The third-order valence-electron chi connectivity index (χ3n) is 4.15. The number of thioether (sulfide) groups is 1. The first-order chi connectivity index (χ1) is 12.7. The van der Waals surface area contributed by atoms with Gasteiger partial charge in [0.25, 0.3) is 5.91 Å². The summed E-state index contributed by atoms with van der Waals surface area (Å²) in [5.41, 5.74) is 2.47. The molecule has 2 aromatic carbocycles. The van der Waals surface area contributed by atoms with E-state index in [1.807, 2.05) is 42.5 Å². The molecule has 0 saturated heterocycles. The van der Waals surface area contributed by atoms with Gasteiger partial charge in [0.2, 0.25) is 5.91 Å². The first-order valence-electron chi connectivity index (χ1n) is 8.57. The monoisotopic (exact) mass is 370 g/mol. The molecule has 1 N–H and O–H groups in total. The van der Waals surface area contributed by atoms with Gasteiger partial charge in [-0.25, -0.2) is 0 Å². The van der Waals surface area contributed by atoms with Gasteiger partial charge in [-0.3, -0.25) is 9.59 Å². The molecule has 0 saturated carbocycles. The minimum atomic E-state index is -0.108. The molecule has 1 heterocycles. The number of fused-ring (bicyclic) bond motifs is 1. The fourth-order valence-corrected chi connectivity index (χ4v) is 3.78. The van der Waals surface area contributed by atoms with E-state index in [4.69, 9.17) is 4.74 Å². The summed E-state index contributed by atoms with van der Waals surface area (Å²) in [6, 6.07) is 15.4. The van der Waals surface area contributed by atoms with E-state index in [0.29, 0.717) is 31.0 Å². The topological polar surface area (TPSA) is 58.6 Å². The van der Waals surface area contributed by atoms with Crippen LogP contribution in [0.4, 0.5) is 5.69 Å². The number of amides is 2. The van der Waals surface area contributed by atoms with Crippen LogP contribution in [-0.4, -0.2) is 37.8 Å². The molecule has 136 valence electrons. The van der Waals surface area contributed by atoms with Crippen LogP contribution in [0.15, 0.2) is 53.4 Å². The molecule has 0 bridgehead atoms. The van der Waals surface area contributed by atoms with Crippen LogP contribution in [0.25, 0.3) is 0 Å². The predicted octanol–water partition coefficient (Wildman–Crippen LogP) is 3.09. The predicted molar refractivity (Wildman–Crippen MR) is 104 cm³/mol. The van der Waals surface area contributed by atoms with Crippen LogP contribution in [0.2, 0.25) is 0 Å². The number of para-hydroxylation sites is 1. The lowest BCUT2D eigenvalue weighted by molar-refractivity contribution is -0.116. The van der Waals surface area contributed by atoms with E-state index in [2.05, 4.69) is 5.32 Å². The number of rotatable bonds is 7. The van der Waals surface area contributed by atoms with E-state index in [9.17, 15) is 9.59 Å². The highest BCUT2D eigenvalue weighted by Crippen LogP contribution is 2.35. The number of hydrogen-bond acceptors (Lipinski definition) is 4. The quantitative estimate of drug-likeness (QED) is 0.761. The van der Waals surface area contributed by atoms with Crippen LogP contribution < -0.4 is 10.2 Å². The van der Waals surface area contributed by atoms with Crippen molar-refractivity contribution >= 4 is 29.3 Å². The molecule has 0 spiro atoms. The summed E-state index contributed by atoms with van der Waals surface area (Å²) in [7, 11) is 1.64. The van der Waals surface area contributed by atoms with E-state index >= 15 is 0 Å². The lowest BCUT2D eigenvalue weighted by Gasteiger charge is -2.29. The van der Waals surface area contributed by atoms with E-state index in [-0.39, 0.29) is 11.8 Å². The van der Waals surface area contributed by atoms with Crippen LogP contribution in [-0.2, 0) is 16.1 Å². The van der Waals surface area contributed by atoms with Crippen LogP contribution >= 0.6 is 11.8 Å². The van der Waals surface area contributed by atoms with Crippen LogP contribution in [0.3, 0.4) is 0 Å². The average Bonchev–Trinajstić information content (AvgIpc) is 2.67. The summed E-state index contributed by atoms with van der Waals surface area (Å²) < 4.78 is 4.98. The van der Waals surface area contributed by atoms with Gasteiger partial charge >= 0.3 is 0 Å². The van der Waals surface area contributed by atoms with E-state index in [1.54, 1.807) is 29.8 Å². The number of nitrogens with zero attached hydrogens (tertiary/aromatic N) is 1. The molecular weight excluding hydrogens is 348 g/mol. The number of anilines is 1. The Labute approximate surface area is 157 Å². The largest absolute Gasteiger partial charge is 0.385 e.